The fraction of sp³-hybridized carbons (Fsp3) is 0.182. The van der Waals surface area contributed by atoms with Crippen LogP contribution in [0.5, 0.6) is 5.75 Å². The van der Waals surface area contributed by atoms with Gasteiger partial charge in [-0.25, -0.2) is 4.68 Å². The molecular formula is C11H12N4O. The minimum Gasteiger partial charge on any atom is -0.497 e. The van der Waals surface area contributed by atoms with E-state index in [2.05, 4.69) is 22.1 Å². The maximum Gasteiger partial charge on any atom is 0.181 e. The van der Waals surface area contributed by atoms with E-state index in [1.807, 2.05) is 24.3 Å². The number of nitrogens with zero attached hydrogens (tertiary/aromatic N) is 4. The molecule has 82 valence electrons. The summed E-state index contributed by atoms with van der Waals surface area (Å²) in [6, 6.07) is 7.61. The second-order valence-corrected chi connectivity index (χ2v) is 3.33. The molecule has 0 N–H and O–H groups in total. The van der Waals surface area contributed by atoms with Crippen molar-refractivity contribution >= 4 is 5.57 Å². The van der Waals surface area contributed by atoms with Gasteiger partial charge in [0.2, 0.25) is 0 Å². The first-order chi connectivity index (χ1) is 7.72. The number of rotatable bonds is 3. The van der Waals surface area contributed by atoms with Crippen LogP contribution in [0.15, 0.2) is 30.8 Å². The molecule has 2 aromatic rings. The average Bonchev–Trinajstić information content (AvgIpc) is 2.75. The summed E-state index contributed by atoms with van der Waals surface area (Å²) in [4.78, 5) is 0. The fourth-order valence-corrected chi connectivity index (χ4v) is 1.41. The van der Waals surface area contributed by atoms with Crippen LogP contribution in [0.2, 0.25) is 0 Å². The third kappa shape index (κ3) is 1.79. The van der Waals surface area contributed by atoms with Crippen molar-refractivity contribution in [2.75, 3.05) is 7.11 Å². The van der Waals surface area contributed by atoms with Crippen molar-refractivity contribution in [3.63, 3.8) is 0 Å². The van der Waals surface area contributed by atoms with E-state index in [1.54, 1.807) is 18.8 Å². The first-order valence-electron chi connectivity index (χ1n) is 4.78. The fourth-order valence-electron chi connectivity index (χ4n) is 1.41. The lowest BCUT2D eigenvalue weighted by Crippen LogP contribution is -1.99. The van der Waals surface area contributed by atoms with Crippen molar-refractivity contribution in [2.24, 2.45) is 7.05 Å². The summed E-state index contributed by atoms with van der Waals surface area (Å²) in [5.41, 5.74) is 1.76. The van der Waals surface area contributed by atoms with Crippen LogP contribution in [-0.2, 0) is 7.05 Å². The minimum absolute atomic E-state index is 0.658. The van der Waals surface area contributed by atoms with Crippen LogP contribution in [-0.4, -0.2) is 27.3 Å². The Morgan fingerprint density at radius 3 is 2.50 bits per heavy atom. The van der Waals surface area contributed by atoms with Crippen LogP contribution in [0.1, 0.15) is 11.4 Å². The molecule has 1 heterocycles. The number of benzene rings is 1. The number of aromatic nitrogens is 4. The van der Waals surface area contributed by atoms with Crippen molar-refractivity contribution < 1.29 is 4.74 Å². The first-order valence-corrected chi connectivity index (χ1v) is 4.78. The third-order valence-electron chi connectivity index (χ3n) is 2.33. The van der Waals surface area contributed by atoms with Crippen LogP contribution in [0.3, 0.4) is 0 Å². The van der Waals surface area contributed by atoms with E-state index in [0.717, 1.165) is 16.9 Å². The van der Waals surface area contributed by atoms with Crippen LogP contribution in [0.25, 0.3) is 5.57 Å². The molecule has 5 heteroatoms. The zero-order valence-electron chi connectivity index (χ0n) is 9.21. The smallest absolute Gasteiger partial charge is 0.181 e. The Kier molecular flexibility index (Phi) is 2.68. The summed E-state index contributed by atoms with van der Waals surface area (Å²) in [7, 11) is 3.42. The van der Waals surface area contributed by atoms with Gasteiger partial charge in [0, 0.05) is 12.6 Å². The molecule has 5 nitrogen and oxygen atoms in total. The zero-order valence-corrected chi connectivity index (χ0v) is 9.21. The lowest BCUT2D eigenvalue weighted by atomic mass is 10.1. The number of ether oxygens (including phenoxy) is 1. The van der Waals surface area contributed by atoms with Crippen LogP contribution < -0.4 is 4.74 Å². The largest absolute Gasteiger partial charge is 0.497 e. The Bertz CT molecular complexity index is 501. The van der Waals surface area contributed by atoms with Gasteiger partial charge in [-0.1, -0.05) is 18.7 Å². The molecule has 0 saturated carbocycles. The number of hydrogen-bond donors (Lipinski definition) is 0. The monoisotopic (exact) mass is 216 g/mol. The molecule has 16 heavy (non-hydrogen) atoms. The molecule has 0 aliphatic rings. The summed E-state index contributed by atoms with van der Waals surface area (Å²) in [6.45, 7) is 3.98. The Balaban J connectivity index is 2.31. The second-order valence-electron chi connectivity index (χ2n) is 3.33. The average molecular weight is 216 g/mol. The predicted octanol–water partition coefficient (Wildman–Crippen LogP) is 1.28. The molecule has 0 aliphatic heterocycles. The molecule has 1 aromatic carbocycles. The number of tetrazole rings is 1. The molecule has 0 aliphatic carbocycles. The molecule has 1 aromatic heterocycles. The Morgan fingerprint density at radius 1 is 1.31 bits per heavy atom. The lowest BCUT2D eigenvalue weighted by Gasteiger charge is -2.05. The Morgan fingerprint density at radius 2 is 2.00 bits per heavy atom. The van der Waals surface area contributed by atoms with E-state index in [0.29, 0.717) is 5.82 Å². The minimum atomic E-state index is 0.658. The maximum absolute atomic E-state index is 5.09. The Hall–Kier alpha value is -2.17. The van der Waals surface area contributed by atoms with Crippen molar-refractivity contribution in [3.05, 3.63) is 42.2 Å². The highest BCUT2D eigenvalue weighted by Gasteiger charge is 2.08. The third-order valence-corrected chi connectivity index (χ3v) is 2.33. The van der Waals surface area contributed by atoms with Crippen molar-refractivity contribution in [3.8, 4) is 5.75 Å². The van der Waals surface area contributed by atoms with E-state index in [-0.39, 0.29) is 0 Å². The van der Waals surface area contributed by atoms with E-state index in [1.165, 1.54) is 0 Å². The molecule has 0 atom stereocenters. The molecule has 0 amide bonds. The highest BCUT2D eigenvalue weighted by atomic mass is 16.5. The highest BCUT2D eigenvalue weighted by Crippen LogP contribution is 2.21. The van der Waals surface area contributed by atoms with Gasteiger partial charge in [0.1, 0.15) is 5.75 Å². The van der Waals surface area contributed by atoms with Crippen LogP contribution in [0, 0.1) is 0 Å². The van der Waals surface area contributed by atoms with Crippen molar-refractivity contribution in [1.82, 2.24) is 20.2 Å². The maximum atomic E-state index is 5.09. The van der Waals surface area contributed by atoms with Gasteiger partial charge in [0.25, 0.3) is 0 Å². The first kappa shape index (κ1) is 10.4. The highest BCUT2D eigenvalue weighted by molar-refractivity contribution is 5.74. The quantitative estimate of drug-likeness (QED) is 0.775. The van der Waals surface area contributed by atoms with Gasteiger partial charge >= 0.3 is 0 Å². The van der Waals surface area contributed by atoms with E-state index in [4.69, 9.17) is 4.74 Å². The standard InChI is InChI=1S/C11H12N4O/c1-8(11-12-13-14-15(11)2)9-4-6-10(16-3)7-5-9/h4-7H,1H2,2-3H3. The summed E-state index contributed by atoms with van der Waals surface area (Å²) >= 11 is 0. The van der Waals surface area contributed by atoms with Crippen LogP contribution in [0.4, 0.5) is 0 Å². The van der Waals surface area contributed by atoms with Gasteiger partial charge < -0.3 is 4.74 Å². The molecule has 0 spiro atoms. The molecule has 0 unspecified atom stereocenters. The topological polar surface area (TPSA) is 52.8 Å². The zero-order chi connectivity index (χ0) is 11.5. The van der Waals surface area contributed by atoms with Gasteiger partial charge in [-0.2, -0.15) is 0 Å². The summed E-state index contributed by atoms with van der Waals surface area (Å²) < 4.78 is 6.68. The molecular weight excluding hydrogens is 204 g/mol. The van der Waals surface area contributed by atoms with Crippen LogP contribution >= 0.6 is 0 Å². The summed E-state index contributed by atoms with van der Waals surface area (Å²) in [5.74, 6) is 1.47. The van der Waals surface area contributed by atoms with Gasteiger partial charge in [-0.05, 0) is 28.1 Å². The van der Waals surface area contributed by atoms with Crippen molar-refractivity contribution in [1.29, 1.82) is 0 Å². The molecule has 0 saturated heterocycles. The number of hydrogen-bond acceptors (Lipinski definition) is 4. The normalized spacial score (nSPS) is 10.1. The molecule has 0 radical (unpaired) electrons. The van der Waals surface area contributed by atoms with Gasteiger partial charge in [0.05, 0.1) is 7.11 Å². The van der Waals surface area contributed by atoms with Gasteiger partial charge in [0.15, 0.2) is 5.82 Å². The lowest BCUT2D eigenvalue weighted by molar-refractivity contribution is 0.415. The summed E-state index contributed by atoms with van der Waals surface area (Å²) in [5, 5.41) is 11.3. The van der Waals surface area contributed by atoms with E-state index >= 15 is 0 Å². The van der Waals surface area contributed by atoms with Gasteiger partial charge in [-0.3, -0.25) is 0 Å². The summed E-state index contributed by atoms with van der Waals surface area (Å²) in [6.07, 6.45) is 0. The molecule has 2 rings (SSSR count). The number of aryl methyl sites for hydroxylation is 1. The molecule has 0 bridgehead atoms. The predicted molar refractivity (Wildman–Crippen MR) is 59.9 cm³/mol. The SMILES string of the molecule is C=C(c1ccc(OC)cc1)c1nnnn1C. The molecule has 0 fully saturated rings. The van der Waals surface area contributed by atoms with E-state index in [9.17, 15) is 0 Å². The number of methoxy groups -OCH3 is 1. The second kappa shape index (κ2) is 4.14. The Labute approximate surface area is 93.4 Å². The van der Waals surface area contributed by atoms with Crippen molar-refractivity contribution in [2.45, 2.75) is 0 Å². The van der Waals surface area contributed by atoms with Gasteiger partial charge in [-0.15, -0.1) is 5.10 Å². The van der Waals surface area contributed by atoms with E-state index < -0.39 is 0 Å².